The first-order chi connectivity index (χ1) is 16.8. The molecule has 9 nitrogen and oxygen atoms in total. The van der Waals surface area contributed by atoms with Crippen molar-refractivity contribution in [3.8, 4) is 11.3 Å². The average Bonchev–Trinajstić information content (AvgIpc) is 3.33. The van der Waals surface area contributed by atoms with Crippen LogP contribution >= 0.6 is 22.9 Å². The van der Waals surface area contributed by atoms with E-state index < -0.39 is 22.0 Å². The number of aromatic nitrogens is 1. The van der Waals surface area contributed by atoms with E-state index in [1.165, 1.54) is 44.8 Å². The van der Waals surface area contributed by atoms with Gasteiger partial charge in [0.15, 0.2) is 5.13 Å². The van der Waals surface area contributed by atoms with Crippen LogP contribution < -0.4 is 5.32 Å². The second-order valence-electron chi connectivity index (χ2n) is 7.61. The maximum atomic E-state index is 13.0. The third kappa shape index (κ3) is 5.81. The zero-order valence-electron chi connectivity index (χ0n) is 18.8. The van der Waals surface area contributed by atoms with E-state index in [1.54, 1.807) is 19.1 Å². The first-order valence-corrected chi connectivity index (χ1v) is 13.5. The number of anilines is 1. The largest absolute Gasteiger partial charge is 0.450 e. The van der Waals surface area contributed by atoms with Gasteiger partial charge in [-0.2, -0.15) is 4.31 Å². The topological polar surface area (TPSA) is 109 Å². The molecule has 0 atom stereocenters. The maximum absolute atomic E-state index is 13.0. The van der Waals surface area contributed by atoms with Crippen molar-refractivity contribution in [2.75, 3.05) is 38.1 Å². The molecule has 1 fully saturated rings. The van der Waals surface area contributed by atoms with Crippen LogP contribution in [0.4, 0.5) is 9.93 Å². The molecule has 0 bridgehead atoms. The Morgan fingerprint density at radius 3 is 2.34 bits per heavy atom. The number of hydrogen-bond donors (Lipinski definition) is 1. The summed E-state index contributed by atoms with van der Waals surface area (Å²) in [4.78, 5) is 30.5. The number of thiazole rings is 1. The van der Waals surface area contributed by atoms with Gasteiger partial charge in [0, 0.05) is 47.7 Å². The number of halogens is 1. The van der Waals surface area contributed by atoms with Crippen LogP contribution in [-0.4, -0.2) is 67.4 Å². The number of benzene rings is 2. The number of sulfonamides is 1. The minimum absolute atomic E-state index is 0.0814. The summed E-state index contributed by atoms with van der Waals surface area (Å²) in [6.07, 6.45) is -0.444. The van der Waals surface area contributed by atoms with Crippen molar-refractivity contribution in [3.05, 3.63) is 64.5 Å². The zero-order chi connectivity index (χ0) is 25.0. The van der Waals surface area contributed by atoms with Crippen molar-refractivity contribution in [1.82, 2.24) is 14.2 Å². The summed E-state index contributed by atoms with van der Waals surface area (Å²) < 4.78 is 32.3. The first-order valence-electron chi connectivity index (χ1n) is 10.8. The summed E-state index contributed by atoms with van der Waals surface area (Å²) in [5, 5.41) is 5.62. The van der Waals surface area contributed by atoms with E-state index in [0.29, 0.717) is 21.4 Å². The van der Waals surface area contributed by atoms with Crippen LogP contribution in [0, 0.1) is 0 Å². The van der Waals surface area contributed by atoms with Gasteiger partial charge in [-0.25, -0.2) is 18.2 Å². The van der Waals surface area contributed by atoms with Crippen molar-refractivity contribution >= 4 is 50.1 Å². The van der Waals surface area contributed by atoms with Crippen LogP contribution in [-0.2, 0) is 14.8 Å². The molecule has 4 rings (SSSR count). The van der Waals surface area contributed by atoms with Crippen molar-refractivity contribution in [3.63, 3.8) is 0 Å². The van der Waals surface area contributed by atoms with Crippen molar-refractivity contribution in [1.29, 1.82) is 0 Å². The van der Waals surface area contributed by atoms with E-state index in [0.717, 1.165) is 5.56 Å². The summed E-state index contributed by atoms with van der Waals surface area (Å²) in [6, 6.07) is 13.0. The highest BCUT2D eigenvalue weighted by Gasteiger charge is 2.30. The number of rotatable bonds is 6. The molecule has 1 aliphatic rings. The van der Waals surface area contributed by atoms with Crippen LogP contribution in [0.5, 0.6) is 0 Å². The van der Waals surface area contributed by atoms with Gasteiger partial charge in [0.2, 0.25) is 10.0 Å². The third-order valence-corrected chi connectivity index (χ3v) is 8.31. The smallest absolute Gasteiger partial charge is 0.409 e. The molecular formula is C23H23ClN4O5S2. The molecule has 0 unspecified atom stereocenters. The Balaban J connectivity index is 1.38. The van der Waals surface area contributed by atoms with Crippen LogP contribution in [0.3, 0.4) is 0 Å². The van der Waals surface area contributed by atoms with Gasteiger partial charge < -0.3 is 9.64 Å². The van der Waals surface area contributed by atoms with Crippen LogP contribution in [0.25, 0.3) is 11.3 Å². The third-order valence-electron chi connectivity index (χ3n) is 5.38. The number of nitrogens with one attached hydrogen (secondary N) is 1. The molecule has 1 N–H and O–H groups in total. The number of piperazine rings is 1. The maximum Gasteiger partial charge on any atom is 0.409 e. The molecule has 1 saturated heterocycles. The Morgan fingerprint density at radius 2 is 1.71 bits per heavy atom. The van der Waals surface area contributed by atoms with Gasteiger partial charge in [0.1, 0.15) is 0 Å². The SMILES string of the molecule is CCOC(=O)N1CCN(S(=O)(=O)c2ccc(C(=O)Nc3nc(-c4ccc(Cl)cc4)cs3)cc2)CC1. The predicted octanol–water partition coefficient (Wildman–Crippen LogP) is 4.18. The molecule has 12 heteroatoms. The lowest BCUT2D eigenvalue weighted by molar-refractivity contribution is 0.0933. The molecule has 1 aliphatic heterocycles. The molecular weight excluding hydrogens is 512 g/mol. The lowest BCUT2D eigenvalue weighted by Crippen LogP contribution is -2.50. The average molecular weight is 535 g/mol. The van der Waals surface area contributed by atoms with Crippen molar-refractivity contribution < 1.29 is 22.7 Å². The number of nitrogens with zero attached hydrogens (tertiary/aromatic N) is 3. The van der Waals surface area contributed by atoms with Gasteiger partial charge in [0.05, 0.1) is 17.2 Å². The Labute approximate surface area is 212 Å². The van der Waals surface area contributed by atoms with Crippen LogP contribution in [0.2, 0.25) is 5.02 Å². The number of hydrogen-bond acceptors (Lipinski definition) is 7. The van der Waals surface area contributed by atoms with Crippen molar-refractivity contribution in [2.45, 2.75) is 11.8 Å². The molecule has 2 amide bonds. The molecule has 0 saturated carbocycles. The molecule has 3 aromatic rings. The first kappa shape index (κ1) is 25.1. The van der Waals surface area contributed by atoms with Gasteiger partial charge in [-0.3, -0.25) is 10.1 Å². The normalized spacial score (nSPS) is 14.5. The number of ether oxygens (including phenoxy) is 1. The summed E-state index contributed by atoms with van der Waals surface area (Å²) in [7, 11) is -3.75. The molecule has 1 aromatic heterocycles. The van der Waals surface area contributed by atoms with E-state index in [-0.39, 0.29) is 37.7 Å². The van der Waals surface area contributed by atoms with E-state index in [2.05, 4.69) is 10.3 Å². The number of carbonyl (C=O) groups excluding carboxylic acids is 2. The zero-order valence-corrected chi connectivity index (χ0v) is 21.2. The highest BCUT2D eigenvalue weighted by molar-refractivity contribution is 7.89. The molecule has 0 spiro atoms. The predicted molar refractivity (Wildman–Crippen MR) is 134 cm³/mol. The fraction of sp³-hybridized carbons (Fsp3) is 0.261. The summed E-state index contributed by atoms with van der Waals surface area (Å²) in [6.45, 7) is 2.84. The standard InChI is InChI=1S/C23H23ClN4O5S2/c1-2-33-23(30)27-11-13-28(14-12-27)35(31,32)19-9-5-17(6-10-19)21(29)26-22-25-20(15-34-22)16-3-7-18(24)8-4-16/h3-10,15H,2,11-14H2,1H3,(H,25,26,29). The fourth-order valence-electron chi connectivity index (χ4n) is 3.51. The lowest BCUT2D eigenvalue weighted by atomic mass is 10.2. The summed E-state index contributed by atoms with van der Waals surface area (Å²) >= 11 is 7.21. The number of carbonyl (C=O) groups is 2. The number of amides is 2. The van der Waals surface area contributed by atoms with Gasteiger partial charge in [0.25, 0.3) is 5.91 Å². The van der Waals surface area contributed by atoms with E-state index in [9.17, 15) is 18.0 Å². The lowest BCUT2D eigenvalue weighted by Gasteiger charge is -2.33. The second-order valence-corrected chi connectivity index (χ2v) is 10.8. The molecule has 2 heterocycles. The Bertz CT molecular complexity index is 1300. The summed E-state index contributed by atoms with van der Waals surface area (Å²) in [5.74, 6) is -0.394. The minimum atomic E-state index is -3.75. The molecule has 2 aromatic carbocycles. The van der Waals surface area contributed by atoms with Crippen molar-refractivity contribution in [2.24, 2.45) is 0 Å². The molecule has 35 heavy (non-hydrogen) atoms. The van der Waals surface area contributed by atoms with E-state index in [1.807, 2.05) is 17.5 Å². The Morgan fingerprint density at radius 1 is 1.06 bits per heavy atom. The van der Waals surface area contributed by atoms with Gasteiger partial charge >= 0.3 is 6.09 Å². The van der Waals surface area contributed by atoms with Gasteiger partial charge in [-0.05, 0) is 43.3 Å². The molecule has 0 aliphatic carbocycles. The molecule has 184 valence electrons. The van der Waals surface area contributed by atoms with E-state index in [4.69, 9.17) is 16.3 Å². The highest BCUT2D eigenvalue weighted by Crippen LogP contribution is 2.26. The Kier molecular flexibility index (Phi) is 7.70. The van der Waals surface area contributed by atoms with E-state index >= 15 is 0 Å². The minimum Gasteiger partial charge on any atom is -0.450 e. The quantitative estimate of drug-likeness (QED) is 0.508. The summed E-state index contributed by atoms with van der Waals surface area (Å²) in [5.41, 5.74) is 1.90. The highest BCUT2D eigenvalue weighted by atomic mass is 35.5. The van der Waals surface area contributed by atoms with Gasteiger partial charge in [-0.1, -0.05) is 23.7 Å². The Hall–Kier alpha value is -2.99. The monoisotopic (exact) mass is 534 g/mol. The van der Waals surface area contributed by atoms with Crippen LogP contribution in [0.15, 0.2) is 58.8 Å². The van der Waals surface area contributed by atoms with Gasteiger partial charge in [-0.15, -0.1) is 11.3 Å². The fourth-order valence-corrected chi connectivity index (χ4v) is 5.77. The second kappa shape index (κ2) is 10.7. The van der Waals surface area contributed by atoms with Crippen LogP contribution in [0.1, 0.15) is 17.3 Å². The molecule has 0 radical (unpaired) electrons.